The molecule has 72 valence electrons. The average Bonchev–Trinajstić information content (AvgIpc) is 2.11. The topological polar surface area (TPSA) is 3.24 Å². The van der Waals surface area contributed by atoms with Gasteiger partial charge in [0.2, 0.25) is 0 Å². The van der Waals surface area contributed by atoms with Crippen LogP contribution in [0.2, 0.25) is 5.02 Å². The van der Waals surface area contributed by atoms with E-state index in [1.807, 2.05) is 11.9 Å². The van der Waals surface area contributed by atoms with E-state index in [1.54, 1.807) is 12.1 Å². The quantitative estimate of drug-likeness (QED) is 0.605. The van der Waals surface area contributed by atoms with Gasteiger partial charge in [0, 0.05) is 12.4 Å². The van der Waals surface area contributed by atoms with Gasteiger partial charge < -0.3 is 0 Å². The van der Waals surface area contributed by atoms with Gasteiger partial charge in [-0.05, 0) is 24.7 Å². The van der Waals surface area contributed by atoms with Crippen LogP contribution in [0, 0.1) is 5.82 Å². The molecule has 13 heavy (non-hydrogen) atoms. The average molecular weight is 220 g/mol. The fourth-order valence-corrected chi connectivity index (χ4v) is 1.30. The Hall–Kier alpha value is -0.250. The van der Waals surface area contributed by atoms with E-state index in [-0.39, 0.29) is 10.8 Å². The van der Waals surface area contributed by atoms with Gasteiger partial charge in [0.05, 0.1) is 5.02 Å². The predicted octanol–water partition coefficient (Wildman–Crippen LogP) is 2.80. The van der Waals surface area contributed by atoms with Crippen LogP contribution < -0.4 is 0 Å². The minimum atomic E-state index is -0.376. The number of hydrogen-bond donors (Lipinski definition) is 1. The van der Waals surface area contributed by atoms with E-state index in [2.05, 4.69) is 12.6 Å². The first-order valence-corrected chi connectivity index (χ1v) is 4.88. The van der Waals surface area contributed by atoms with Gasteiger partial charge in [0.1, 0.15) is 5.82 Å². The third-order valence-corrected chi connectivity index (χ3v) is 2.45. The van der Waals surface area contributed by atoms with Crippen molar-refractivity contribution in [1.29, 1.82) is 0 Å². The summed E-state index contributed by atoms with van der Waals surface area (Å²) in [5, 5.41) is 0.171. The molecule has 1 nitrogen and oxygen atoms in total. The second-order valence-electron chi connectivity index (χ2n) is 2.90. The molecule has 0 aliphatic carbocycles. The van der Waals surface area contributed by atoms with Crippen LogP contribution in [0.5, 0.6) is 0 Å². The van der Waals surface area contributed by atoms with Gasteiger partial charge >= 0.3 is 0 Å². The predicted molar refractivity (Wildman–Crippen MR) is 56.7 cm³/mol. The van der Waals surface area contributed by atoms with Gasteiger partial charge in [0.25, 0.3) is 0 Å². The van der Waals surface area contributed by atoms with Gasteiger partial charge in [-0.2, -0.15) is 12.6 Å². The number of hydrogen-bond acceptors (Lipinski definition) is 2. The molecule has 0 spiro atoms. The fourth-order valence-electron chi connectivity index (χ4n) is 1.000. The molecule has 0 amide bonds. The van der Waals surface area contributed by atoms with Crippen molar-refractivity contribution in [3.63, 3.8) is 0 Å². The zero-order valence-corrected chi connectivity index (χ0v) is 8.95. The molecule has 1 aromatic rings. The molecule has 0 fully saturated rings. The molecule has 0 aliphatic rings. The lowest BCUT2D eigenvalue weighted by molar-refractivity contribution is 0.387. The van der Waals surface area contributed by atoms with Crippen molar-refractivity contribution in [2.24, 2.45) is 0 Å². The molecule has 0 N–H and O–H groups in total. The third-order valence-electron chi connectivity index (χ3n) is 1.68. The van der Waals surface area contributed by atoms with Gasteiger partial charge in [-0.25, -0.2) is 4.39 Å². The van der Waals surface area contributed by atoms with Crippen molar-refractivity contribution in [2.45, 2.75) is 6.54 Å². The van der Waals surface area contributed by atoms with Crippen molar-refractivity contribution in [1.82, 2.24) is 4.90 Å². The summed E-state index contributed by atoms with van der Waals surface area (Å²) in [5.74, 6) is 0.286. The van der Waals surface area contributed by atoms with E-state index >= 15 is 0 Å². The molecule has 0 radical (unpaired) electrons. The number of thiol groups is 1. The smallest absolute Gasteiger partial charge is 0.141 e. The van der Waals surface area contributed by atoms with Gasteiger partial charge in [-0.3, -0.25) is 4.90 Å². The lowest BCUT2D eigenvalue weighted by Gasteiger charge is -2.13. The number of nitrogens with zero attached hydrogens (tertiary/aromatic N) is 1. The molecule has 0 aromatic heterocycles. The molecule has 0 aliphatic heterocycles. The van der Waals surface area contributed by atoms with E-state index in [1.165, 1.54) is 6.07 Å². The van der Waals surface area contributed by atoms with Gasteiger partial charge in [-0.15, -0.1) is 0 Å². The van der Waals surface area contributed by atoms with Crippen molar-refractivity contribution in [2.75, 3.05) is 12.9 Å². The molecule has 1 rings (SSSR count). The first-order chi connectivity index (χ1) is 6.13. The van der Waals surface area contributed by atoms with Crippen LogP contribution in [0.1, 0.15) is 5.56 Å². The second kappa shape index (κ2) is 4.84. The molecular formula is C9H11ClFNS. The Balaban J connectivity index is 2.73. The van der Waals surface area contributed by atoms with Crippen LogP contribution in [0.4, 0.5) is 4.39 Å². The highest BCUT2D eigenvalue weighted by atomic mass is 35.5. The summed E-state index contributed by atoms with van der Waals surface area (Å²) in [4.78, 5) is 1.99. The first kappa shape index (κ1) is 10.8. The fraction of sp³-hybridized carbons (Fsp3) is 0.333. The Morgan fingerprint density at radius 1 is 1.54 bits per heavy atom. The molecule has 0 unspecified atom stereocenters. The summed E-state index contributed by atoms with van der Waals surface area (Å²) in [6.07, 6.45) is 0. The Labute approximate surface area is 87.9 Å². The summed E-state index contributed by atoms with van der Waals surface area (Å²) < 4.78 is 12.8. The largest absolute Gasteiger partial charge is 0.293 e. The summed E-state index contributed by atoms with van der Waals surface area (Å²) >= 11 is 9.74. The number of halogens is 2. The zero-order valence-electron chi connectivity index (χ0n) is 7.30. The Kier molecular flexibility index (Phi) is 4.03. The minimum Gasteiger partial charge on any atom is -0.293 e. The summed E-state index contributed by atoms with van der Waals surface area (Å²) in [6.45, 7) is 0.726. The van der Waals surface area contributed by atoms with Crippen molar-refractivity contribution in [3.8, 4) is 0 Å². The molecule has 0 saturated carbocycles. The van der Waals surface area contributed by atoms with Crippen molar-refractivity contribution >= 4 is 24.2 Å². The van der Waals surface area contributed by atoms with E-state index < -0.39 is 0 Å². The second-order valence-corrected chi connectivity index (χ2v) is 3.59. The standard InChI is InChI=1S/C9H11ClFNS/c1-12(6-13)5-7-2-3-9(11)8(10)4-7/h2-4,13H,5-6H2,1H3. The monoisotopic (exact) mass is 219 g/mol. The first-order valence-electron chi connectivity index (χ1n) is 3.87. The number of benzene rings is 1. The normalized spacial score (nSPS) is 10.8. The van der Waals surface area contributed by atoms with Crippen LogP contribution >= 0.6 is 24.2 Å². The van der Waals surface area contributed by atoms with Gasteiger partial charge in [-0.1, -0.05) is 17.7 Å². The minimum absolute atomic E-state index is 0.171. The maximum Gasteiger partial charge on any atom is 0.141 e. The summed E-state index contributed by atoms with van der Waals surface area (Å²) in [6, 6.07) is 4.74. The van der Waals surface area contributed by atoms with E-state index in [9.17, 15) is 4.39 Å². The highest BCUT2D eigenvalue weighted by Crippen LogP contribution is 2.16. The van der Waals surface area contributed by atoms with Crippen LogP contribution in [0.25, 0.3) is 0 Å². The molecule has 0 heterocycles. The molecule has 0 bridgehead atoms. The Bertz CT molecular complexity index is 293. The van der Waals surface area contributed by atoms with Crippen molar-refractivity contribution < 1.29 is 4.39 Å². The molecule has 0 saturated heterocycles. The third kappa shape index (κ3) is 3.18. The highest BCUT2D eigenvalue weighted by Gasteiger charge is 2.02. The zero-order chi connectivity index (χ0) is 9.84. The van der Waals surface area contributed by atoms with Crippen LogP contribution in [0.15, 0.2) is 18.2 Å². The Morgan fingerprint density at radius 2 is 2.23 bits per heavy atom. The molecular weight excluding hydrogens is 209 g/mol. The maximum absolute atomic E-state index is 12.8. The molecule has 4 heteroatoms. The Morgan fingerprint density at radius 3 is 2.77 bits per heavy atom. The molecule has 0 atom stereocenters. The number of rotatable bonds is 3. The highest BCUT2D eigenvalue weighted by molar-refractivity contribution is 7.80. The van der Waals surface area contributed by atoms with Gasteiger partial charge in [0.15, 0.2) is 0 Å². The van der Waals surface area contributed by atoms with E-state index in [0.29, 0.717) is 5.88 Å². The SMILES string of the molecule is CN(CS)Cc1ccc(F)c(Cl)c1. The lowest BCUT2D eigenvalue weighted by atomic mass is 10.2. The van der Waals surface area contributed by atoms with Crippen LogP contribution in [-0.4, -0.2) is 17.8 Å². The van der Waals surface area contributed by atoms with E-state index in [0.717, 1.165) is 12.1 Å². The van der Waals surface area contributed by atoms with Crippen LogP contribution in [-0.2, 0) is 6.54 Å². The van der Waals surface area contributed by atoms with E-state index in [4.69, 9.17) is 11.6 Å². The van der Waals surface area contributed by atoms with Crippen molar-refractivity contribution in [3.05, 3.63) is 34.6 Å². The van der Waals surface area contributed by atoms with Crippen LogP contribution in [0.3, 0.4) is 0 Å². The molecule has 1 aromatic carbocycles. The summed E-state index contributed by atoms with van der Waals surface area (Å²) in [5.41, 5.74) is 0.989. The lowest BCUT2D eigenvalue weighted by Crippen LogP contribution is -2.15. The maximum atomic E-state index is 12.8. The summed E-state index contributed by atoms with van der Waals surface area (Å²) in [7, 11) is 1.93.